The van der Waals surface area contributed by atoms with Gasteiger partial charge in [0.05, 0.1) is 22.6 Å². The second-order valence-electron chi connectivity index (χ2n) is 5.89. The van der Waals surface area contributed by atoms with Gasteiger partial charge in [-0.15, -0.1) is 0 Å². The number of halogens is 5. The van der Waals surface area contributed by atoms with E-state index in [4.69, 9.17) is 0 Å². The molecule has 11 heteroatoms. The summed E-state index contributed by atoms with van der Waals surface area (Å²) in [5, 5.41) is 0. The molecule has 2 aromatic heterocycles. The Morgan fingerprint density at radius 1 is 1.07 bits per heavy atom. The summed E-state index contributed by atoms with van der Waals surface area (Å²) >= 11 is 0. The third-order valence-corrected chi connectivity index (χ3v) is 5.11. The summed E-state index contributed by atoms with van der Waals surface area (Å²) in [7, 11) is -4.39. The van der Waals surface area contributed by atoms with Gasteiger partial charge in [0.2, 0.25) is 0 Å². The first-order chi connectivity index (χ1) is 13.0. The van der Waals surface area contributed by atoms with Crippen molar-refractivity contribution < 1.29 is 30.4 Å². The smallest absolute Gasteiger partial charge is 0.359 e. The monoisotopic (exact) mass is 417 g/mol. The molecular weight excluding hydrogens is 405 g/mol. The van der Waals surface area contributed by atoms with Crippen LogP contribution in [-0.2, 0) is 16.2 Å². The van der Waals surface area contributed by atoms with E-state index in [9.17, 15) is 30.4 Å². The van der Waals surface area contributed by atoms with Crippen LogP contribution in [0, 0.1) is 18.6 Å². The van der Waals surface area contributed by atoms with Crippen molar-refractivity contribution in [3.05, 3.63) is 65.5 Å². The van der Waals surface area contributed by atoms with Crippen LogP contribution in [0.25, 0.3) is 11.4 Å². The molecule has 0 radical (unpaired) electrons. The normalized spacial score (nSPS) is 12.2. The van der Waals surface area contributed by atoms with Gasteiger partial charge >= 0.3 is 6.18 Å². The third-order valence-electron chi connectivity index (χ3n) is 3.76. The van der Waals surface area contributed by atoms with E-state index in [1.54, 1.807) is 23.1 Å². The number of alkyl halides is 3. The van der Waals surface area contributed by atoms with Crippen LogP contribution in [0.3, 0.4) is 0 Å². The molecule has 0 amide bonds. The van der Waals surface area contributed by atoms with Crippen molar-refractivity contribution in [1.29, 1.82) is 0 Å². The van der Waals surface area contributed by atoms with Gasteiger partial charge < -0.3 is 4.98 Å². The molecule has 0 fully saturated rings. The Hall–Kier alpha value is -2.95. The van der Waals surface area contributed by atoms with Gasteiger partial charge in [-0.1, -0.05) is 6.07 Å². The van der Waals surface area contributed by atoms with E-state index in [1.165, 1.54) is 6.07 Å². The van der Waals surface area contributed by atoms with Crippen LogP contribution in [0.2, 0.25) is 0 Å². The van der Waals surface area contributed by atoms with Crippen LogP contribution in [0.5, 0.6) is 0 Å². The lowest BCUT2D eigenvalue weighted by Crippen LogP contribution is -2.15. The Labute approximate surface area is 156 Å². The Morgan fingerprint density at radius 2 is 1.79 bits per heavy atom. The molecule has 1 aromatic carbocycles. The van der Waals surface area contributed by atoms with Crippen molar-refractivity contribution in [2.45, 2.75) is 18.0 Å². The highest BCUT2D eigenvalue weighted by Crippen LogP contribution is 2.34. The highest BCUT2D eigenvalue weighted by atomic mass is 32.2. The highest BCUT2D eigenvalue weighted by Gasteiger charge is 2.35. The summed E-state index contributed by atoms with van der Waals surface area (Å²) in [6, 6.07) is 4.65. The molecular formula is C17H12F5N3O2S. The number of rotatable bonds is 4. The minimum atomic E-state index is -5.11. The van der Waals surface area contributed by atoms with E-state index in [2.05, 4.69) is 9.97 Å². The van der Waals surface area contributed by atoms with Crippen LogP contribution in [0.15, 0.2) is 47.6 Å². The zero-order valence-electron chi connectivity index (χ0n) is 14.1. The van der Waals surface area contributed by atoms with Crippen LogP contribution < -0.4 is 4.72 Å². The molecule has 28 heavy (non-hydrogen) atoms. The number of aryl methyl sites for hydroxylation is 1. The number of nitrogens with zero attached hydrogens (tertiary/aromatic N) is 1. The minimum Gasteiger partial charge on any atom is -0.359 e. The quantitative estimate of drug-likeness (QED) is 0.615. The summed E-state index contributed by atoms with van der Waals surface area (Å²) in [5.74, 6) is -3.36. The summed E-state index contributed by atoms with van der Waals surface area (Å²) < 4.78 is 91.8. The first-order valence-electron chi connectivity index (χ1n) is 7.68. The topological polar surface area (TPSA) is 74.8 Å². The van der Waals surface area contributed by atoms with E-state index >= 15 is 0 Å². The van der Waals surface area contributed by atoms with Crippen molar-refractivity contribution in [3.8, 4) is 11.4 Å². The zero-order valence-corrected chi connectivity index (χ0v) is 14.9. The largest absolute Gasteiger partial charge is 0.419 e. The number of hydrogen-bond donors (Lipinski definition) is 2. The van der Waals surface area contributed by atoms with Gasteiger partial charge in [-0.05, 0) is 30.7 Å². The van der Waals surface area contributed by atoms with E-state index in [-0.39, 0.29) is 17.0 Å². The van der Waals surface area contributed by atoms with Crippen LogP contribution in [0.4, 0.5) is 27.6 Å². The fraction of sp³-hybridized carbons (Fsp3) is 0.118. The standard InChI is InChI=1S/C17H12F5N3O2S/c1-9-2-3-14(23-7-9)16-4-10(8-24-16)28(26,27)25-15-6-12(18)11(5-13(15)19)17(20,21)22/h2-8,24-25H,1H3. The second kappa shape index (κ2) is 6.89. The maximum absolute atomic E-state index is 13.9. The van der Waals surface area contributed by atoms with E-state index < -0.39 is 39.1 Å². The Morgan fingerprint density at radius 3 is 2.39 bits per heavy atom. The van der Waals surface area contributed by atoms with Crippen molar-refractivity contribution in [3.63, 3.8) is 0 Å². The molecule has 2 heterocycles. The van der Waals surface area contributed by atoms with E-state index in [1.807, 2.05) is 6.92 Å². The Bertz CT molecular complexity index is 1120. The summed E-state index contributed by atoms with van der Waals surface area (Å²) in [4.78, 5) is 6.48. The molecule has 3 rings (SSSR count). The minimum absolute atomic E-state index is 0.105. The van der Waals surface area contributed by atoms with Crippen molar-refractivity contribution in [2.75, 3.05) is 4.72 Å². The molecule has 0 aliphatic carbocycles. The fourth-order valence-corrected chi connectivity index (χ4v) is 3.40. The predicted octanol–water partition coefficient (Wildman–Crippen LogP) is 4.48. The fourth-order valence-electron chi connectivity index (χ4n) is 2.35. The molecule has 0 aliphatic rings. The second-order valence-corrected chi connectivity index (χ2v) is 7.57. The molecule has 0 atom stereocenters. The number of benzene rings is 1. The molecule has 0 saturated carbocycles. The SMILES string of the molecule is Cc1ccc(-c2cc(S(=O)(=O)Nc3cc(F)c(C(F)(F)F)cc3F)c[nH]2)nc1. The van der Waals surface area contributed by atoms with Crippen LogP contribution >= 0.6 is 0 Å². The van der Waals surface area contributed by atoms with Gasteiger partial charge in [-0.2, -0.15) is 13.2 Å². The number of anilines is 1. The number of sulfonamides is 1. The van der Waals surface area contributed by atoms with Gasteiger partial charge in [0.25, 0.3) is 10.0 Å². The lowest BCUT2D eigenvalue weighted by Gasteiger charge is -2.12. The third kappa shape index (κ3) is 3.98. The summed E-state index contributed by atoms with van der Waals surface area (Å²) in [5.41, 5.74) is -1.09. The molecule has 0 saturated heterocycles. The van der Waals surface area contributed by atoms with Crippen LogP contribution in [0.1, 0.15) is 11.1 Å². The lowest BCUT2D eigenvalue weighted by atomic mass is 10.2. The molecule has 0 bridgehead atoms. The van der Waals surface area contributed by atoms with Crippen molar-refractivity contribution in [2.24, 2.45) is 0 Å². The van der Waals surface area contributed by atoms with Crippen LogP contribution in [-0.4, -0.2) is 18.4 Å². The molecule has 2 N–H and O–H groups in total. The number of pyridine rings is 1. The van der Waals surface area contributed by atoms with E-state index in [0.29, 0.717) is 11.4 Å². The molecule has 148 valence electrons. The molecule has 0 aliphatic heterocycles. The first kappa shape index (κ1) is 19.8. The Balaban J connectivity index is 1.91. The maximum Gasteiger partial charge on any atom is 0.419 e. The predicted molar refractivity (Wildman–Crippen MR) is 90.9 cm³/mol. The number of aromatic amines is 1. The number of hydrogen-bond acceptors (Lipinski definition) is 3. The van der Waals surface area contributed by atoms with Gasteiger partial charge in [-0.25, -0.2) is 17.2 Å². The molecule has 3 aromatic rings. The summed E-state index contributed by atoms with van der Waals surface area (Å²) in [6.45, 7) is 1.82. The van der Waals surface area contributed by atoms with Gasteiger partial charge in [0.1, 0.15) is 16.5 Å². The first-order valence-corrected chi connectivity index (χ1v) is 9.16. The van der Waals surface area contributed by atoms with Gasteiger partial charge in [-0.3, -0.25) is 9.71 Å². The average molecular weight is 417 g/mol. The lowest BCUT2D eigenvalue weighted by molar-refractivity contribution is -0.140. The van der Waals surface area contributed by atoms with Crippen molar-refractivity contribution in [1.82, 2.24) is 9.97 Å². The number of nitrogens with one attached hydrogen (secondary N) is 2. The molecule has 5 nitrogen and oxygen atoms in total. The molecule has 0 unspecified atom stereocenters. The molecule has 0 spiro atoms. The number of aromatic nitrogens is 2. The highest BCUT2D eigenvalue weighted by molar-refractivity contribution is 7.92. The number of H-pyrrole nitrogens is 1. The summed E-state index contributed by atoms with van der Waals surface area (Å²) in [6.07, 6.45) is -2.45. The Kier molecular flexibility index (Phi) is 4.88. The zero-order chi connectivity index (χ0) is 20.7. The van der Waals surface area contributed by atoms with Gasteiger partial charge in [0.15, 0.2) is 0 Å². The average Bonchev–Trinajstić information content (AvgIpc) is 3.08. The van der Waals surface area contributed by atoms with E-state index in [0.717, 1.165) is 11.8 Å². The van der Waals surface area contributed by atoms with Gasteiger partial charge in [0, 0.05) is 18.5 Å². The maximum atomic E-state index is 13.9. The van der Waals surface area contributed by atoms with Crippen molar-refractivity contribution >= 4 is 15.7 Å².